The molecule has 1 rings (SSSR count). The second-order valence-corrected chi connectivity index (χ2v) is 5.93. The Balaban J connectivity index is 2.68. The third kappa shape index (κ3) is 5.06. The molecular weight excluding hydrogens is 248 g/mol. The molecule has 0 radical (unpaired) electrons. The van der Waals surface area contributed by atoms with Crippen LogP contribution in [0.1, 0.15) is 20.8 Å². The van der Waals surface area contributed by atoms with Gasteiger partial charge >= 0.3 is 6.09 Å². The highest BCUT2D eigenvalue weighted by Crippen LogP contribution is 2.14. The van der Waals surface area contributed by atoms with Crippen LogP contribution in [-0.2, 0) is 14.3 Å². The van der Waals surface area contributed by atoms with Crippen molar-refractivity contribution in [2.24, 2.45) is 5.92 Å². The monoisotopic (exact) mass is 272 g/mol. The van der Waals surface area contributed by atoms with E-state index in [0.717, 1.165) is 0 Å². The van der Waals surface area contributed by atoms with Crippen LogP contribution in [0.3, 0.4) is 0 Å². The molecule has 0 bridgehead atoms. The molecule has 0 saturated carbocycles. The van der Waals surface area contributed by atoms with Gasteiger partial charge in [-0.3, -0.25) is 4.79 Å². The summed E-state index contributed by atoms with van der Waals surface area (Å²) in [5, 5.41) is 0. The molecule has 1 fully saturated rings. The molecule has 6 nitrogen and oxygen atoms in total. The lowest BCUT2D eigenvalue weighted by Crippen LogP contribution is -2.43. The Morgan fingerprint density at radius 3 is 2.47 bits per heavy atom. The van der Waals surface area contributed by atoms with Gasteiger partial charge in [0.05, 0.1) is 19.1 Å². The van der Waals surface area contributed by atoms with Gasteiger partial charge in [0.15, 0.2) is 0 Å². The largest absolute Gasteiger partial charge is 0.444 e. The van der Waals surface area contributed by atoms with E-state index in [-0.39, 0.29) is 11.8 Å². The van der Waals surface area contributed by atoms with Gasteiger partial charge in [-0.15, -0.1) is 0 Å². The molecule has 1 heterocycles. The van der Waals surface area contributed by atoms with E-state index >= 15 is 0 Å². The van der Waals surface area contributed by atoms with E-state index in [1.807, 2.05) is 20.8 Å². The van der Waals surface area contributed by atoms with Gasteiger partial charge < -0.3 is 19.3 Å². The third-order valence-corrected chi connectivity index (χ3v) is 2.71. The van der Waals surface area contributed by atoms with Gasteiger partial charge in [0.2, 0.25) is 5.91 Å². The maximum atomic E-state index is 12.0. The Bertz CT molecular complexity index is 336. The summed E-state index contributed by atoms with van der Waals surface area (Å²) in [6.45, 7) is 7.02. The van der Waals surface area contributed by atoms with Crippen LogP contribution >= 0.6 is 0 Å². The van der Waals surface area contributed by atoms with Gasteiger partial charge in [0.25, 0.3) is 0 Å². The molecular formula is C13H24N2O4. The van der Waals surface area contributed by atoms with Crippen LogP contribution < -0.4 is 0 Å². The summed E-state index contributed by atoms with van der Waals surface area (Å²) in [5.41, 5.74) is -0.536. The van der Waals surface area contributed by atoms with Gasteiger partial charge in [0, 0.05) is 27.2 Å². The number of rotatable bonds is 1. The molecule has 0 aromatic heterocycles. The van der Waals surface area contributed by atoms with E-state index in [4.69, 9.17) is 9.47 Å². The molecule has 1 atom stereocenters. The number of hydrogen-bond acceptors (Lipinski definition) is 4. The maximum Gasteiger partial charge on any atom is 0.410 e. The molecule has 1 unspecified atom stereocenters. The second-order valence-electron chi connectivity index (χ2n) is 5.93. The van der Waals surface area contributed by atoms with Crippen LogP contribution in [0.15, 0.2) is 0 Å². The number of ether oxygens (including phenoxy) is 2. The Kier molecular flexibility index (Phi) is 5.17. The minimum Gasteiger partial charge on any atom is -0.444 e. The fraction of sp³-hybridized carbons (Fsp3) is 0.846. The first kappa shape index (κ1) is 15.8. The predicted octanol–water partition coefficient (Wildman–Crippen LogP) is 0.958. The minimum absolute atomic E-state index is 0.0320. The molecule has 0 N–H and O–H groups in total. The van der Waals surface area contributed by atoms with Crippen molar-refractivity contribution in [2.75, 3.05) is 40.4 Å². The molecule has 0 aromatic carbocycles. The lowest BCUT2D eigenvalue weighted by Gasteiger charge is -2.28. The molecule has 1 saturated heterocycles. The van der Waals surface area contributed by atoms with E-state index in [1.165, 1.54) is 4.90 Å². The normalized spacial score (nSPS) is 20.7. The zero-order valence-corrected chi connectivity index (χ0v) is 12.4. The molecule has 6 heteroatoms. The summed E-state index contributed by atoms with van der Waals surface area (Å²) >= 11 is 0. The van der Waals surface area contributed by atoms with Crippen LogP contribution in [0, 0.1) is 5.92 Å². The number of nitrogens with zero attached hydrogens (tertiary/aromatic N) is 2. The van der Waals surface area contributed by atoms with Gasteiger partial charge in [-0.05, 0) is 20.8 Å². The molecule has 110 valence electrons. The van der Waals surface area contributed by atoms with Crippen LogP contribution in [-0.4, -0.2) is 67.8 Å². The van der Waals surface area contributed by atoms with Gasteiger partial charge in [-0.1, -0.05) is 0 Å². The zero-order chi connectivity index (χ0) is 14.6. The predicted molar refractivity (Wildman–Crippen MR) is 70.8 cm³/mol. The number of amides is 2. The maximum absolute atomic E-state index is 12.0. The third-order valence-electron chi connectivity index (χ3n) is 2.71. The number of carbonyl (C=O) groups excluding carboxylic acids is 2. The molecule has 0 aromatic rings. The average Bonchev–Trinajstić information content (AvgIpc) is 2.50. The summed E-state index contributed by atoms with van der Waals surface area (Å²) in [5.74, 6) is -0.361. The molecule has 1 aliphatic heterocycles. The number of hydrogen-bond donors (Lipinski definition) is 0. The van der Waals surface area contributed by atoms with Crippen molar-refractivity contribution < 1.29 is 19.1 Å². The van der Waals surface area contributed by atoms with Gasteiger partial charge in [0.1, 0.15) is 5.60 Å². The van der Waals surface area contributed by atoms with Gasteiger partial charge in [-0.2, -0.15) is 0 Å². The Hall–Kier alpha value is -1.30. The van der Waals surface area contributed by atoms with Crippen molar-refractivity contribution in [1.29, 1.82) is 0 Å². The van der Waals surface area contributed by atoms with E-state index in [9.17, 15) is 9.59 Å². The molecule has 0 spiro atoms. The van der Waals surface area contributed by atoms with Crippen LogP contribution in [0.5, 0.6) is 0 Å². The van der Waals surface area contributed by atoms with Crippen LogP contribution in [0.2, 0.25) is 0 Å². The van der Waals surface area contributed by atoms with Crippen LogP contribution in [0.4, 0.5) is 4.79 Å². The van der Waals surface area contributed by atoms with E-state index in [2.05, 4.69) is 0 Å². The summed E-state index contributed by atoms with van der Waals surface area (Å²) in [6.07, 6.45) is -0.394. The average molecular weight is 272 g/mol. The van der Waals surface area contributed by atoms with E-state index in [0.29, 0.717) is 26.3 Å². The fourth-order valence-corrected chi connectivity index (χ4v) is 1.82. The smallest absolute Gasteiger partial charge is 0.410 e. The quantitative estimate of drug-likeness (QED) is 0.713. The highest BCUT2D eigenvalue weighted by molar-refractivity contribution is 5.79. The molecule has 0 aliphatic carbocycles. The first-order chi connectivity index (χ1) is 8.70. The van der Waals surface area contributed by atoms with Crippen molar-refractivity contribution in [1.82, 2.24) is 9.80 Å². The summed E-state index contributed by atoms with van der Waals surface area (Å²) < 4.78 is 10.7. The highest BCUT2D eigenvalue weighted by Gasteiger charge is 2.30. The van der Waals surface area contributed by atoms with Crippen molar-refractivity contribution >= 4 is 12.0 Å². The lowest BCUT2D eigenvalue weighted by atomic mass is 10.1. The first-order valence-corrected chi connectivity index (χ1v) is 6.47. The summed E-state index contributed by atoms with van der Waals surface area (Å²) in [7, 11) is 3.40. The molecule has 1 aliphatic rings. The van der Waals surface area contributed by atoms with Crippen molar-refractivity contribution in [2.45, 2.75) is 26.4 Å². The lowest BCUT2D eigenvalue weighted by molar-refractivity contribution is -0.134. The zero-order valence-electron chi connectivity index (χ0n) is 12.4. The number of carbonyl (C=O) groups is 2. The molecule has 2 amide bonds. The molecule has 19 heavy (non-hydrogen) atoms. The van der Waals surface area contributed by atoms with Gasteiger partial charge in [-0.25, -0.2) is 4.79 Å². The Morgan fingerprint density at radius 2 is 1.95 bits per heavy atom. The van der Waals surface area contributed by atoms with E-state index < -0.39 is 11.7 Å². The Labute approximate surface area is 114 Å². The fourth-order valence-electron chi connectivity index (χ4n) is 1.82. The van der Waals surface area contributed by atoms with E-state index in [1.54, 1.807) is 19.0 Å². The summed E-state index contributed by atoms with van der Waals surface area (Å²) in [6, 6.07) is 0. The summed E-state index contributed by atoms with van der Waals surface area (Å²) in [4.78, 5) is 27.1. The first-order valence-electron chi connectivity index (χ1n) is 6.47. The Morgan fingerprint density at radius 1 is 1.32 bits per heavy atom. The second kappa shape index (κ2) is 6.23. The van der Waals surface area contributed by atoms with Crippen LogP contribution in [0.25, 0.3) is 0 Å². The SMILES string of the molecule is CN(C)C(=O)C1COCCN(C(=O)OC(C)(C)C)C1. The van der Waals surface area contributed by atoms with Crippen molar-refractivity contribution in [3.8, 4) is 0 Å². The van der Waals surface area contributed by atoms with Crippen molar-refractivity contribution in [3.05, 3.63) is 0 Å². The minimum atomic E-state index is -0.536. The topological polar surface area (TPSA) is 59.1 Å². The van der Waals surface area contributed by atoms with Crippen molar-refractivity contribution in [3.63, 3.8) is 0 Å². The highest BCUT2D eigenvalue weighted by atomic mass is 16.6. The standard InChI is InChI=1S/C13H24N2O4/c1-13(2,3)19-12(17)15-6-7-18-9-10(8-15)11(16)14(4)5/h10H,6-9H2,1-5H3.